The summed E-state index contributed by atoms with van der Waals surface area (Å²) in [7, 11) is 0. The molecule has 19 heavy (non-hydrogen) atoms. The molecular formula is C13H18ClN3O2. The van der Waals surface area contributed by atoms with Crippen LogP contribution in [0.3, 0.4) is 0 Å². The van der Waals surface area contributed by atoms with Crippen molar-refractivity contribution in [2.24, 2.45) is 0 Å². The van der Waals surface area contributed by atoms with Gasteiger partial charge in [0.05, 0.1) is 0 Å². The Labute approximate surface area is 117 Å². The van der Waals surface area contributed by atoms with Gasteiger partial charge >= 0.3 is 6.03 Å². The minimum absolute atomic E-state index is 0.00268. The summed E-state index contributed by atoms with van der Waals surface area (Å²) in [5.41, 5.74) is 0. The van der Waals surface area contributed by atoms with Crippen LogP contribution >= 0.6 is 11.6 Å². The Kier molecular flexibility index (Phi) is 4.85. The smallest absolute Gasteiger partial charge is 0.317 e. The standard InChI is InChI=1S/C13H18ClN3O2/c1-2-16-13(18)17-7-4-10(5-8-17)19-12-3-6-15-9-11(12)14/h3,6,9-10H,2,4-5,7-8H2,1H3,(H,16,18). The van der Waals surface area contributed by atoms with E-state index in [0.29, 0.717) is 30.4 Å². The molecule has 0 atom stereocenters. The number of ether oxygens (including phenoxy) is 1. The zero-order valence-electron chi connectivity index (χ0n) is 10.9. The summed E-state index contributed by atoms with van der Waals surface area (Å²) in [5.74, 6) is 0.660. The Morgan fingerprint density at radius 1 is 1.58 bits per heavy atom. The molecule has 0 bridgehead atoms. The minimum atomic E-state index is 0.00268. The molecule has 0 aliphatic carbocycles. The van der Waals surface area contributed by atoms with Crippen LogP contribution in [0.15, 0.2) is 18.5 Å². The fraction of sp³-hybridized carbons (Fsp3) is 0.538. The van der Waals surface area contributed by atoms with Crippen molar-refractivity contribution in [2.75, 3.05) is 19.6 Å². The number of carbonyl (C=O) groups is 1. The molecular weight excluding hydrogens is 266 g/mol. The van der Waals surface area contributed by atoms with Crippen LogP contribution in [0.2, 0.25) is 5.02 Å². The number of carbonyl (C=O) groups excluding carboxylic acids is 1. The van der Waals surface area contributed by atoms with Crippen LogP contribution in [0.5, 0.6) is 5.75 Å². The van der Waals surface area contributed by atoms with Gasteiger partial charge in [-0.15, -0.1) is 0 Å². The van der Waals surface area contributed by atoms with Crippen LogP contribution in [0, 0.1) is 0 Å². The van der Waals surface area contributed by atoms with E-state index >= 15 is 0 Å². The first-order chi connectivity index (χ1) is 9.20. The van der Waals surface area contributed by atoms with Gasteiger partial charge in [-0.05, 0) is 6.92 Å². The van der Waals surface area contributed by atoms with E-state index in [0.717, 1.165) is 12.8 Å². The molecule has 104 valence electrons. The number of urea groups is 1. The maximum atomic E-state index is 11.7. The number of hydrogen-bond donors (Lipinski definition) is 1. The molecule has 5 nitrogen and oxygen atoms in total. The summed E-state index contributed by atoms with van der Waals surface area (Å²) in [5, 5.41) is 3.33. The van der Waals surface area contributed by atoms with Crippen molar-refractivity contribution < 1.29 is 9.53 Å². The van der Waals surface area contributed by atoms with Crippen molar-refractivity contribution in [2.45, 2.75) is 25.9 Å². The van der Waals surface area contributed by atoms with Gasteiger partial charge in [0.25, 0.3) is 0 Å². The first-order valence-corrected chi connectivity index (χ1v) is 6.87. The van der Waals surface area contributed by atoms with Crippen molar-refractivity contribution in [1.29, 1.82) is 0 Å². The molecule has 0 unspecified atom stereocenters. The van der Waals surface area contributed by atoms with Crippen molar-refractivity contribution >= 4 is 17.6 Å². The average Bonchev–Trinajstić information content (AvgIpc) is 2.42. The third-order valence-electron chi connectivity index (χ3n) is 3.09. The van der Waals surface area contributed by atoms with Crippen LogP contribution in [0.4, 0.5) is 4.79 Å². The second-order valence-electron chi connectivity index (χ2n) is 4.45. The van der Waals surface area contributed by atoms with Crippen LogP contribution in [-0.2, 0) is 0 Å². The molecule has 0 aromatic carbocycles. The van der Waals surface area contributed by atoms with E-state index in [4.69, 9.17) is 16.3 Å². The molecule has 1 aromatic heterocycles. The van der Waals surface area contributed by atoms with Crippen molar-refractivity contribution in [3.63, 3.8) is 0 Å². The average molecular weight is 284 g/mol. The predicted molar refractivity (Wildman–Crippen MR) is 73.5 cm³/mol. The fourth-order valence-corrected chi connectivity index (χ4v) is 2.24. The Balaban J connectivity index is 1.84. The van der Waals surface area contributed by atoms with Gasteiger partial charge in [0, 0.05) is 50.9 Å². The van der Waals surface area contributed by atoms with E-state index in [1.165, 1.54) is 0 Å². The van der Waals surface area contributed by atoms with Gasteiger partial charge < -0.3 is 15.0 Å². The summed E-state index contributed by atoms with van der Waals surface area (Å²) >= 11 is 6.00. The molecule has 1 saturated heterocycles. The topological polar surface area (TPSA) is 54.5 Å². The minimum Gasteiger partial charge on any atom is -0.489 e. The van der Waals surface area contributed by atoms with Gasteiger partial charge in [-0.2, -0.15) is 0 Å². The first-order valence-electron chi connectivity index (χ1n) is 6.49. The molecule has 1 fully saturated rings. The lowest BCUT2D eigenvalue weighted by Gasteiger charge is -2.32. The lowest BCUT2D eigenvalue weighted by atomic mass is 10.1. The molecule has 2 heterocycles. The SMILES string of the molecule is CCNC(=O)N1CCC(Oc2ccncc2Cl)CC1. The van der Waals surface area contributed by atoms with Crippen molar-refractivity contribution in [1.82, 2.24) is 15.2 Å². The first kappa shape index (κ1) is 13.9. The van der Waals surface area contributed by atoms with Crippen LogP contribution in [0.25, 0.3) is 0 Å². The molecule has 2 rings (SSSR count). The quantitative estimate of drug-likeness (QED) is 0.926. The van der Waals surface area contributed by atoms with Gasteiger partial charge in [-0.1, -0.05) is 11.6 Å². The van der Waals surface area contributed by atoms with E-state index < -0.39 is 0 Å². The number of rotatable bonds is 3. The highest BCUT2D eigenvalue weighted by Crippen LogP contribution is 2.25. The molecule has 0 radical (unpaired) electrons. The Morgan fingerprint density at radius 2 is 2.32 bits per heavy atom. The zero-order chi connectivity index (χ0) is 13.7. The van der Waals surface area contributed by atoms with Gasteiger partial charge in [0.1, 0.15) is 16.9 Å². The van der Waals surface area contributed by atoms with Gasteiger partial charge in [0.15, 0.2) is 0 Å². The van der Waals surface area contributed by atoms with E-state index in [9.17, 15) is 4.79 Å². The molecule has 1 N–H and O–H groups in total. The third kappa shape index (κ3) is 3.73. The molecule has 1 aliphatic rings. The molecule has 0 spiro atoms. The predicted octanol–water partition coefficient (Wildman–Crippen LogP) is 2.31. The third-order valence-corrected chi connectivity index (χ3v) is 3.37. The highest BCUT2D eigenvalue weighted by Gasteiger charge is 2.23. The van der Waals surface area contributed by atoms with Crippen LogP contribution in [0.1, 0.15) is 19.8 Å². The highest BCUT2D eigenvalue weighted by molar-refractivity contribution is 6.31. The lowest BCUT2D eigenvalue weighted by Crippen LogP contribution is -2.46. The molecule has 0 saturated carbocycles. The summed E-state index contributed by atoms with van der Waals surface area (Å²) in [6.07, 6.45) is 4.96. The lowest BCUT2D eigenvalue weighted by molar-refractivity contribution is 0.111. The normalized spacial score (nSPS) is 16.2. The van der Waals surface area contributed by atoms with Gasteiger partial charge in [0.2, 0.25) is 0 Å². The monoisotopic (exact) mass is 283 g/mol. The van der Waals surface area contributed by atoms with E-state index in [-0.39, 0.29) is 12.1 Å². The number of hydrogen-bond acceptors (Lipinski definition) is 3. The number of pyridine rings is 1. The molecule has 1 aliphatic heterocycles. The fourth-order valence-electron chi connectivity index (χ4n) is 2.08. The maximum Gasteiger partial charge on any atom is 0.317 e. The number of piperidine rings is 1. The van der Waals surface area contributed by atoms with Crippen LogP contribution < -0.4 is 10.1 Å². The second kappa shape index (κ2) is 6.61. The number of nitrogens with zero attached hydrogens (tertiary/aromatic N) is 2. The van der Waals surface area contributed by atoms with E-state index in [1.54, 1.807) is 18.5 Å². The second-order valence-corrected chi connectivity index (χ2v) is 4.85. The van der Waals surface area contributed by atoms with Crippen LogP contribution in [-0.4, -0.2) is 41.7 Å². The summed E-state index contributed by atoms with van der Waals surface area (Å²) in [4.78, 5) is 17.4. The highest BCUT2D eigenvalue weighted by atomic mass is 35.5. The summed E-state index contributed by atoms with van der Waals surface area (Å²) < 4.78 is 5.84. The number of amides is 2. The van der Waals surface area contributed by atoms with Gasteiger partial charge in [-0.3, -0.25) is 4.98 Å². The number of halogens is 1. The maximum absolute atomic E-state index is 11.7. The molecule has 6 heteroatoms. The van der Waals surface area contributed by atoms with Crippen molar-refractivity contribution in [3.8, 4) is 5.75 Å². The van der Waals surface area contributed by atoms with Gasteiger partial charge in [-0.25, -0.2) is 4.79 Å². The number of aromatic nitrogens is 1. The summed E-state index contributed by atoms with van der Waals surface area (Å²) in [6.45, 7) is 3.99. The number of likely N-dealkylation sites (tertiary alicyclic amines) is 1. The zero-order valence-corrected chi connectivity index (χ0v) is 11.7. The Hall–Kier alpha value is -1.49. The Morgan fingerprint density at radius 3 is 2.95 bits per heavy atom. The molecule has 1 aromatic rings. The largest absolute Gasteiger partial charge is 0.489 e. The van der Waals surface area contributed by atoms with E-state index in [2.05, 4.69) is 10.3 Å². The van der Waals surface area contributed by atoms with Crippen molar-refractivity contribution in [3.05, 3.63) is 23.5 Å². The number of nitrogens with one attached hydrogen (secondary N) is 1. The Bertz CT molecular complexity index is 434. The summed E-state index contributed by atoms with van der Waals surface area (Å²) in [6, 6.07) is 1.77. The van der Waals surface area contributed by atoms with E-state index in [1.807, 2.05) is 11.8 Å². The molecule has 2 amide bonds.